The number of hydrogen-bond donors (Lipinski definition) is 0. The van der Waals surface area contributed by atoms with Gasteiger partial charge in [-0.05, 0) is 24.3 Å². The molecule has 0 N–H and O–H groups in total. The first-order valence-electron chi connectivity index (χ1n) is 9.39. The highest BCUT2D eigenvalue weighted by atomic mass is 32.1. The van der Waals surface area contributed by atoms with E-state index in [9.17, 15) is 0 Å². The first-order valence-corrected chi connectivity index (χ1v) is 11.0. The van der Waals surface area contributed by atoms with Crippen LogP contribution in [0.15, 0.2) is 54.0 Å². The van der Waals surface area contributed by atoms with Crippen LogP contribution in [0.2, 0.25) is 0 Å². The average Bonchev–Trinajstić information content (AvgIpc) is 3.44. The molecule has 2 heterocycles. The Labute approximate surface area is 174 Å². The van der Waals surface area contributed by atoms with Gasteiger partial charge in [0.1, 0.15) is 11.0 Å². The summed E-state index contributed by atoms with van der Waals surface area (Å²) >= 11 is 2.93. The van der Waals surface area contributed by atoms with Crippen molar-refractivity contribution < 1.29 is 0 Å². The summed E-state index contributed by atoms with van der Waals surface area (Å²) in [4.78, 5) is 4.14. The van der Waals surface area contributed by atoms with E-state index in [1.165, 1.54) is 16.4 Å². The van der Waals surface area contributed by atoms with Gasteiger partial charge >= 0.3 is 0 Å². The summed E-state index contributed by atoms with van der Waals surface area (Å²) in [7, 11) is 0. The molecule has 0 spiro atoms. The lowest BCUT2D eigenvalue weighted by atomic mass is 10.3. The van der Waals surface area contributed by atoms with Gasteiger partial charge in [-0.15, -0.1) is 11.3 Å². The van der Waals surface area contributed by atoms with Crippen molar-refractivity contribution in [3.05, 3.63) is 54.0 Å². The predicted molar refractivity (Wildman–Crippen MR) is 129 cm³/mol. The monoisotopic (exact) mass is 407 g/mol. The molecular formula is C22H37N3S2. The van der Waals surface area contributed by atoms with E-state index in [0.717, 1.165) is 16.6 Å². The summed E-state index contributed by atoms with van der Waals surface area (Å²) in [6.45, 7) is 16.0. The molecule has 2 aromatic heterocycles. The van der Waals surface area contributed by atoms with Crippen molar-refractivity contribution in [2.75, 3.05) is 0 Å². The Kier molecular flexibility index (Phi) is 24.6. The highest BCUT2D eigenvalue weighted by Gasteiger charge is 1.91. The van der Waals surface area contributed by atoms with Crippen LogP contribution in [0.25, 0.3) is 21.3 Å². The molecule has 5 heteroatoms. The molecule has 0 bridgehead atoms. The van der Waals surface area contributed by atoms with Gasteiger partial charge in [-0.25, -0.2) is 4.98 Å². The quantitative estimate of drug-likeness (QED) is 0.292. The molecule has 3 nitrogen and oxygen atoms in total. The summed E-state index contributed by atoms with van der Waals surface area (Å²) < 4.78 is 9.36. The Morgan fingerprint density at radius 1 is 0.593 bits per heavy atom. The van der Waals surface area contributed by atoms with E-state index < -0.39 is 0 Å². The molecule has 27 heavy (non-hydrogen) atoms. The fraction of sp³-hybridized carbons (Fsp3) is 0.409. The highest BCUT2D eigenvalue weighted by Crippen LogP contribution is 2.15. The second kappa shape index (κ2) is 22.2. The largest absolute Gasteiger partial charge is 0.245 e. The van der Waals surface area contributed by atoms with Gasteiger partial charge in [-0.3, -0.25) is 0 Å². The molecule has 0 atom stereocenters. The van der Waals surface area contributed by atoms with E-state index in [1.54, 1.807) is 11.3 Å². The molecule has 4 aromatic rings. The van der Waals surface area contributed by atoms with E-state index >= 15 is 0 Å². The molecule has 0 aliphatic rings. The van der Waals surface area contributed by atoms with Crippen LogP contribution in [0.3, 0.4) is 0 Å². The zero-order chi connectivity index (χ0) is 20.2. The van der Waals surface area contributed by atoms with Gasteiger partial charge in [-0.1, -0.05) is 87.1 Å². The summed E-state index contributed by atoms with van der Waals surface area (Å²) in [5, 5.41) is 0. The highest BCUT2D eigenvalue weighted by molar-refractivity contribution is 7.16. The summed E-state index contributed by atoms with van der Waals surface area (Å²) in [6, 6.07) is 16.0. The van der Waals surface area contributed by atoms with Crippen molar-refractivity contribution >= 4 is 44.3 Å². The normalized spacial score (nSPS) is 7.70. The molecule has 2 aromatic carbocycles. The van der Waals surface area contributed by atoms with Gasteiger partial charge in [0.2, 0.25) is 0 Å². The van der Waals surface area contributed by atoms with E-state index in [1.807, 2.05) is 103 Å². The van der Waals surface area contributed by atoms with Crippen LogP contribution >= 0.6 is 23.1 Å². The number of para-hydroxylation sites is 1. The maximum absolute atomic E-state index is 4.14. The van der Waals surface area contributed by atoms with Gasteiger partial charge < -0.3 is 0 Å². The Bertz CT molecular complexity index is 638. The zero-order valence-electron chi connectivity index (χ0n) is 17.4. The van der Waals surface area contributed by atoms with Crippen molar-refractivity contribution in [2.24, 2.45) is 0 Å². The van der Waals surface area contributed by atoms with Crippen LogP contribution in [0, 0.1) is 0 Å². The van der Waals surface area contributed by atoms with Crippen LogP contribution in [-0.2, 0) is 0 Å². The van der Waals surface area contributed by atoms with Gasteiger partial charge in [0.25, 0.3) is 0 Å². The lowest BCUT2D eigenvalue weighted by molar-refractivity contribution is 1.50. The van der Waals surface area contributed by atoms with Gasteiger partial charge in [-0.2, -0.15) is 8.75 Å². The Hall–Kier alpha value is -1.85. The van der Waals surface area contributed by atoms with E-state index in [4.69, 9.17) is 0 Å². The van der Waals surface area contributed by atoms with Crippen LogP contribution < -0.4 is 0 Å². The first kappa shape index (κ1) is 29.9. The predicted octanol–water partition coefficient (Wildman–Crippen LogP) is 8.73. The van der Waals surface area contributed by atoms with Crippen LogP contribution in [0.4, 0.5) is 0 Å². The van der Waals surface area contributed by atoms with Crippen molar-refractivity contribution in [2.45, 2.75) is 62.8 Å². The molecule has 0 radical (unpaired) electrons. The van der Waals surface area contributed by atoms with E-state index in [2.05, 4.69) is 19.8 Å². The standard InChI is InChI=1S/C7H5NS.C6H4N2S.4C2H6.CH4/c1-2-4-7-6(3-1)8-5-9-7;1-2-4-6-5(3-1)7-9-8-6;4*1-2;/h1-5H;1-4H;4*1-2H3;1H4. The fourth-order valence-corrected chi connectivity index (χ4v) is 2.73. The lowest BCUT2D eigenvalue weighted by Crippen LogP contribution is -1.63. The molecule has 152 valence electrons. The second-order valence-corrected chi connectivity index (χ2v) is 4.99. The molecule has 4 rings (SSSR count). The first-order chi connectivity index (χ1) is 12.9. The molecule has 0 unspecified atom stereocenters. The number of fused-ring (bicyclic) bond motifs is 2. The van der Waals surface area contributed by atoms with E-state index in [-0.39, 0.29) is 7.43 Å². The number of aromatic nitrogens is 3. The van der Waals surface area contributed by atoms with Gasteiger partial charge in [0.15, 0.2) is 0 Å². The third-order valence-corrected chi connectivity index (χ3v) is 3.76. The van der Waals surface area contributed by atoms with Crippen molar-refractivity contribution in [1.29, 1.82) is 0 Å². The number of benzene rings is 2. The molecule has 0 amide bonds. The van der Waals surface area contributed by atoms with Crippen molar-refractivity contribution in [3.8, 4) is 0 Å². The maximum atomic E-state index is 4.14. The molecule has 0 fully saturated rings. The minimum absolute atomic E-state index is 0. The van der Waals surface area contributed by atoms with Crippen molar-refractivity contribution in [1.82, 2.24) is 13.7 Å². The molecular weight excluding hydrogens is 370 g/mol. The number of thiazole rings is 1. The van der Waals surface area contributed by atoms with Crippen LogP contribution in [0.1, 0.15) is 62.8 Å². The Balaban J connectivity index is -0.000000305. The van der Waals surface area contributed by atoms with Gasteiger partial charge in [0.05, 0.1) is 27.5 Å². The van der Waals surface area contributed by atoms with Gasteiger partial charge in [0, 0.05) is 0 Å². The third-order valence-electron chi connectivity index (χ3n) is 2.40. The summed E-state index contributed by atoms with van der Waals surface area (Å²) in [5.74, 6) is 0. The molecule has 0 saturated heterocycles. The minimum atomic E-state index is 0. The average molecular weight is 408 g/mol. The summed E-state index contributed by atoms with van der Waals surface area (Å²) in [5.41, 5.74) is 4.94. The molecule has 0 aliphatic heterocycles. The SMILES string of the molecule is C.CC.CC.CC.CC.c1ccc2nsnc2c1.c1ccc2scnc2c1. The Morgan fingerprint density at radius 3 is 1.44 bits per heavy atom. The third kappa shape index (κ3) is 11.5. The lowest BCUT2D eigenvalue weighted by Gasteiger charge is -1.80. The molecule has 0 saturated carbocycles. The minimum Gasteiger partial charge on any atom is -0.245 e. The fourth-order valence-electron chi connectivity index (χ4n) is 1.53. The summed E-state index contributed by atoms with van der Waals surface area (Å²) in [6.07, 6.45) is 0. The second-order valence-electron chi connectivity index (χ2n) is 3.57. The number of rotatable bonds is 0. The zero-order valence-corrected chi connectivity index (χ0v) is 19.0. The smallest absolute Gasteiger partial charge is 0.104 e. The maximum Gasteiger partial charge on any atom is 0.104 e. The van der Waals surface area contributed by atoms with E-state index in [0.29, 0.717) is 0 Å². The molecule has 0 aliphatic carbocycles. The van der Waals surface area contributed by atoms with Crippen LogP contribution in [-0.4, -0.2) is 13.7 Å². The number of nitrogens with zero attached hydrogens (tertiary/aromatic N) is 3. The van der Waals surface area contributed by atoms with Crippen molar-refractivity contribution in [3.63, 3.8) is 0 Å². The topological polar surface area (TPSA) is 38.7 Å². The van der Waals surface area contributed by atoms with Crippen LogP contribution in [0.5, 0.6) is 0 Å². The Morgan fingerprint density at radius 2 is 1.00 bits per heavy atom. The number of hydrogen-bond acceptors (Lipinski definition) is 5.